The van der Waals surface area contributed by atoms with E-state index in [4.69, 9.17) is 0 Å². The van der Waals surface area contributed by atoms with Crippen molar-refractivity contribution in [3.05, 3.63) is 0 Å². The Morgan fingerprint density at radius 1 is 0.875 bits per heavy atom. The SMILES string of the molecule is FCOC(CF)C(F)(F)C(CF)C(F)(F)F. The van der Waals surface area contributed by atoms with Crippen LogP contribution in [0.3, 0.4) is 0 Å². The molecule has 2 unspecified atom stereocenters. The minimum atomic E-state index is -5.56. The third-order valence-electron chi connectivity index (χ3n) is 1.85. The van der Waals surface area contributed by atoms with E-state index >= 15 is 0 Å². The van der Waals surface area contributed by atoms with Crippen LogP contribution in [0.25, 0.3) is 0 Å². The molecule has 98 valence electrons. The Bertz CT molecular complexity index is 203. The molecule has 0 aliphatic heterocycles. The lowest BCUT2D eigenvalue weighted by atomic mass is 9.97. The molecule has 0 aromatic heterocycles. The van der Waals surface area contributed by atoms with Crippen LogP contribution in [0, 0.1) is 5.92 Å². The Morgan fingerprint density at radius 3 is 1.62 bits per heavy atom. The van der Waals surface area contributed by atoms with Gasteiger partial charge in [0.2, 0.25) is 0 Å². The van der Waals surface area contributed by atoms with Gasteiger partial charge in [0.15, 0.2) is 13.0 Å². The first-order chi connectivity index (χ1) is 7.21. The van der Waals surface area contributed by atoms with Gasteiger partial charge in [-0.15, -0.1) is 0 Å². The van der Waals surface area contributed by atoms with Gasteiger partial charge in [-0.3, -0.25) is 4.39 Å². The van der Waals surface area contributed by atoms with Crippen molar-refractivity contribution < 1.29 is 39.9 Å². The third kappa shape index (κ3) is 3.46. The maximum Gasteiger partial charge on any atom is 0.400 e. The summed E-state index contributed by atoms with van der Waals surface area (Å²) in [4.78, 5) is 0. The zero-order valence-electron chi connectivity index (χ0n) is 7.71. The van der Waals surface area contributed by atoms with E-state index in [0.29, 0.717) is 0 Å². The van der Waals surface area contributed by atoms with Gasteiger partial charge in [-0.1, -0.05) is 0 Å². The predicted molar refractivity (Wildman–Crippen MR) is 37.3 cm³/mol. The van der Waals surface area contributed by atoms with Gasteiger partial charge in [0.25, 0.3) is 5.92 Å². The zero-order valence-corrected chi connectivity index (χ0v) is 7.71. The van der Waals surface area contributed by atoms with E-state index in [2.05, 4.69) is 4.74 Å². The van der Waals surface area contributed by atoms with Crippen molar-refractivity contribution in [3.8, 4) is 0 Å². The fraction of sp³-hybridized carbons (Fsp3) is 1.00. The molecule has 16 heavy (non-hydrogen) atoms. The lowest BCUT2D eigenvalue weighted by molar-refractivity contribution is -0.278. The van der Waals surface area contributed by atoms with Gasteiger partial charge in [0, 0.05) is 0 Å². The van der Waals surface area contributed by atoms with Crippen LogP contribution in [0.2, 0.25) is 0 Å². The Morgan fingerprint density at radius 2 is 1.38 bits per heavy atom. The molecule has 0 N–H and O–H groups in total. The highest BCUT2D eigenvalue weighted by atomic mass is 19.4. The number of rotatable bonds is 6. The molecule has 0 fully saturated rings. The highest BCUT2D eigenvalue weighted by molar-refractivity contribution is 4.89. The first-order valence-corrected chi connectivity index (χ1v) is 3.95. The third-order valence-corrected chi connectivity index (χ3v) is 1.85. The average Bonchev–Trinajstić information content (AvgIpc) is 2.11. The van der Waals surface area contributed by atoms with E-state index in [-0.39, 0.29) is 0 Å². The maximum absolute atomic E-state index is 12.9. The van der Waals surface area contributed by atoms with E-state index in [1.165, 1.54) is 0 Å². The van der Waals surface area contributed by atoms with Gasteiger partial charge in [-0.05, 0) is 0 Å². The molecule has 0 radical (unpaired) electrons. The number of alkyl halides is 8. The van der Waals surface area contributed by atoms with Gasteiger partial charge in [0.05, 0.1) is 0 Å². The van der Waals surface area contributed by atoms with Crippen LogP contribution in [-0.4, -0.2) is 38.4 Å². The predicted octanol–water partition coefficient (Wildman–Crippen LogP) is 3.05. The summed E-state index contributed by atoms with van der Waals surface area (Å²) in [5.74, 6) is -8.58. The number of hydrogen-bond acceptors (Lipinski definition) is 1. The van der Waals surface area contributed by atoms with Crippen LogP contribution in [0.1, 0.15) is 0 Å². The van der Waals surface area contributed by atoms with Crippen molar-refractivity contribution in [1.29, 1.82) is 0 Å². The summed E-state index contributed by atoms with van der Waals surface area (Å²) in [5, 5.41) is 0. The molecule has 0 aliphatic rings. The monoisotopic (exact) mass is 260 g/mol. The van der Waals surface area contributed by atoms with E-state index < -0.39 is 44.3 Å². The maximum atomic E-state index is 12.9. The molecule has 2 atom stereocenters. The first-order valence-electron chi connectivity index (χ1n) is 3.95. The second-order valence-corrected chi connectivity index (χ2v) is 2.84. The largest absolute Gasteiger partial charge is 0.400 e. The van der Waals surface area contributed by atoms with Crippen molar-refractivity contribution in [1.82, 2.24) is 0 Å². The van der Waals surface area contributed by atoms with Crippen molar-refractivity contribution in [2.45, 2.75) is 18.2 Å². The molecule has 0 saturated heterocycles. The van der Waals surface area contributed by atoms with E-state index in [9.17, 15) is 35.1 Å². The summed E-state index contributed by atoms with van der Waals surface area (Å²) < 4.78 is 101. The summed E-state index contributed by atoms with van der Waals surface area (Å²) in [5.41, 5.74) is 0. The molecular weight excluding hydrogens is 252 g/mol. The number of ether oxygens (including phenoxy) is 1. The second-order valence-electron chi connectivity index (χ2n) is 2.84. The van der Waals surface area contributed by atoms with Crippen molar-refractivity contribution in [3.63, 3.8) is 0 Å². The molecule has 0 aromatic rings. The minimum absolute atomic E-state index is 1.89. The summed E-state index contributed by atoms with van der Waals surface area (Å²) in [6.45, 7) is -6.38. The molecule has 0 spiro atoms. The number of hydrogen-bond donors (Lipinski definition) is 0. The molecule has 0 aromatic carbocycles. The van der Waals surface area contributed by atoms with Crippen molar-refractivity contribution in [2.75, 3.05) is 20.2 Å². The van der Waals surface area contributed by atoms with Crippen LogP contribution in [-0.2, 0) is 4.74 Å². The van der Waals surface area contributed by atoms with E-state index in [1.54, 1.807) is 0 Å². The lowest BCUT2D eigenvalue weighted by Crippen LogP contribution is -2.50. The summed E-state index contributed by atoms with van der Waals surface area (Å²) in [6, 6.07) is 0. The Hall–Kier alpha value is -0.600. The molecule has 0 heterocycles. The first kappa shape index (κ1) is 15.4. The lowest BCUT2D eigenvalue weighted by Gasteiger charge is -2.30. The van der Waals surface area contributed by atoms with E-state index in [1.807, 2.05) is 0 Å². The standard InChI is InChI=1S/C7H8F8O/c8-1-4(7(13,14)15)6(11,12)5(2-9)16-3-10/h4-5H,1-3H2. The second kappa shape index (κ2) is 5.65. The van der Waals surface area contributed by atoms with Gasteiger partial charge >= 0.3 is 6.18 Å². The fourth-order valence-corrected chi connectivity index (χ4v) is 0.968. The zero-order chi connectivity index (χ0) is 13.0. The Kier molecular flexibility index (Phi) is 5.43. The van der Waals surface area contributed by atoms with Gasteiger partial charge in [-0.2, -0.15) is 13.2 Å². The normalized spacial score (nSPS) is 17.2. The summed E-state index contributed by atoms with van der Waals surface area (Å²) >= 11 is 0. The molecule has 9 heteroatoms. The highest BCUT2D eigenvalue weighted by Crippen LogP contribution is 2.41. The molecular formula is C7H8F8O. The topological polar surface area (TPSA) is 9.23 Å². The van der Waals surface area contributed by atoms with Crippen LogP contribution in [0.15, 0.2) is 0 Å². The smallest absolute Gasteiger partial charge is 0.338 e. The molecule has 0 saturated carbocycles. The highest BCUT2D eigenvalue weighted by Gasteiger charge is 2.60. The molecule has 0 bridgehead atoms. The van der Waals surface area contributed by atoms with Crippen LogP contribution >= 0.6 is 0 Å². The van der Waals surface area contributed by atoms with E-state index in [0.717, 1.165) is 0 Å². The van der Waals surface area contributed by atoms with Crippen molar-refractivity contribution >= 4 is 0 Å². The summed E-state index contributed by atoms with van der Waals surface area (Å²) in [6.07, 6.45) is -8.52. The number of halogens is 8. The van der Waals surface area contributed by atoms with Crippen LogP contribution in [0.5, 0.6) is 0 Å². The molecule has 1 nitrogen and oxygen atoms in total. The Labute approximate surface area is 85.4 Å². The van der Waals surface area contributed by atoms with Gasteiger partial charge in [0.1, 0.15) is 19.3 Å². The Balaban J connectivity index is 4.96. The average molecular weight is 260 g/mol. The molecule has 0 aliphatic carbocycles. The van der Waals surface area contributed by atoms with Crippen LogP contribution < -0.4 is 0 Å². The summed E-state index contributed by atoms with van der Waals surface area (Å²) in [7, 11) is 0. The quantitative estimate of drug-likeness (QED) is 0.667. The fourth-order valence-electron chi connectivity index (χ4n) is 0.968. The minimum Gasteiger partial charge on any atom is -0.338 e. The van der Waals surface area contributed by atoms with Crippen LogP contribution in [0.4, 0.5) is 35.1 Å². The van der Waals surface area contributed by atoms with Gasteiger partial charge < -0.3 is 4.74 Å². The van der Waals surface area contributed by atoms with Crippen molar-refractivity contribution in [2.24, 2.45) is 5.92 Å². The van der Waals surface area contributed by atoms with Gasteiger partial charge in [-0.25, -0.2) is 17.6 Å². The molecule has 0 amide bonds. The molecule has 0 rings (SSSR count).